The smallest absolute Gasteiger partial charge is 0.227 e. The minimum absolute atomic E-state index is 0. The summed E-state index contributed by atoms with van der Waals surface area (Å²) < 4.78 is 0. The van der Waals surface area contributed by atoms with Crippen molar-refractivity contribution >= 4 is 41.7 Å². The summed E-state index contributed by atoms with van der Waals surface area (Å²) in [5, 5.41) is 9.25. The van der Waals surface area contributed by atoms with Gasteiger partial charge in [0.1, 0.15) is 5.82 Å². The Morgan fingerprint density at radius 3 is 2.36 bits per heavy atom. The Morgan fingerprint density at radius 1 is 1.04 bits per heavy atom. The molecule has 0 aliphatic carbocycles. The summed E-state index contributed by atoms with van der Waals surface area (Å²) in [6.07, 6.45) is 1.26. The molecule has 0 radical (unpaired) electrons. The van der Waals surface area contributed by atoms with E-state index in [0.717, 1.165) is 18.7 Å². The summed E-state index contributed by atoms with van der Waals surface area (Å²) in [4.78, 5) is 20.5. The van der Waals surface area contributed by atoms with Crippen LogP contribution in [0.3, 0.4) is 0 Å². The van der Waals surface area contributed by atoms with Gasteiger partial charge in [-0.3, -0.25) is 9.79 Å². The van der Waals surface area contributed by atoms with Crippen molar-refractivity contribution in [1.82, 2.24) is 15.6 Å². The van der Waals surface area contributed by atoms with Crippen LogP contribution in [0, 0.1) is 20.8 Å². The lowest BCUT2D eigenvalue weighted by Gasteiger charge is -2.12. The van der Waals surface area contributed by atoms with Gasteiger partial charge in [0.25, 0.3) is 0 Å². The molecule has 0 saturated heterocycles. The number of nitrogens with one attached hydrogen (secondary N) is 3. The Labute approximate surface area is 184 Å². The molecule has 1 amide bonds. The minimum atomic E-state index is -0.0775. The Balaban J connectivity index is 0.00000392. The zero-order valence-electron chi connectivity index (χ0n) is 17.0. The normalized spacial score (nSPS) is 10.8. The van der Waals surface area contributed by atoms with E-state index in [4.69, 9.17) is 0 Å². The highest BCUT2D eigenvalue weighted by molar-refractivity contribution is 14.0. The van der Waals surface area contributed by atoms with Gasteiger partial charge < -0.3 is 16.0 Å². The second-order valence-electron chi connectivity index (χ2n) is 6.63. The standard InChI is InChI=1S/C21H29N5O.HI/c1-15-12-16(2)14-18(13-15)8-10-23-21(22-4)24-11-9-20(27)26-19-7-5-6-17(3)25-19;/h5-7,12-14H,8-11H2,1-4H3,(H2,22,23,24)(H,25,26,27);1H. The molecule has 0 spiro atoms. The fourth-order valence-electron chi connectivity index (χ4n) is 2.87. The van der Waals surface area contributed by atoms with Crippen molar-refractivity contribution < 1.29 is 4.79 Å². The summed E-state index contributed by atoms with van der Waals surface area (Å²) in [6, 6.07) is 12.1. The van der Waals surface area contributed by atoms with Crippen molar-refractivity contribution in [1.29, 1.82) is 0 Å². The zero-order chi connectivity index (χ0) is 19.6. The maximum absolute atomic E-state index is 12.0. The van der Waals surface area contributed by atoms with E-state index in [1.54, 1.807) is 13.1 Å². The molecule has 1 aromatic carbocycles. The highest BCUT2D eigenvalue weighted by atomic mass is 127. The number of hydrogen-bond acceptors (Lipinski definition) is 3. The number of carbonyl (C=O) groups is 1. The van der Waals surface area contributed by atoms with Crippen LogP contribution < -0.4 is 16.0 Å². The third kappa shape index (κ3) is 8.69. The second-order valence-corrected chi connectivity index (χ2v) is 6.63. The lowest BCUT2D eigenvalue weighted by Crippen LogP contribution is -2.39. The van der Waals surface area contributed by atoms with Gasteiger partial charge in [-0.25, -0.2) is 4.98 Å². The number of aliphatic imine (C=N–C) groups is 1. The third-order valence-corrected chi connectivity index (χ3v) is 4.01. The molecule has 28 heavy (non-hydrogen) atoms. The molecule has 6 nitrogen and oxygen atoms in total. The summed E-state index contributed by atoms with van der Waals surface area (Å²) >= 11 is 0. The van der Waals surface area contributed by atoms with Crippen LogP contribution in [0.4, 0.5) is 5.82 Å². The molecule has 2 aromatic rings. The number of guanidine groups is 1. The van der Waals surface area contributed by atoms with E-state index in [1.807, 2.05) is 19.1 Å². The number of benzene rings is 1. The molecule has 0 bridgehead atoms. The van der Waals surface area contributed by atoms with Crippen molar-refractivity contribution in [2.24, 2.45) is 4.99 Å². The zero-order valence-corrected chi connectivity index (χ0v) is 19.3. The molecule has 152 valence electrons. The van der Waals surface area contributed by atoms with E-state index < -0.39 is 0 Å². The van der Waals surface area contributed by atoms with E-state index in [0.29, 0.717) is 24.7 Å². The number of anilines is 1. The molecule has 1 aromatic heterocycles. The molecule has 0 saturated carbocycles. The second kappa shape index (κ2) is 12.3. The number of pyridine rings is 1. The summed E-state index contributed by atoms with van der Waals surface area (Å²) in [7, 11) is 1.73. The number of rotatable bonds is 7. The van der Waals surface area contributed by atoms with Crippen LogP contribution in [0.25, 0.3) is 0 Å². The average molecular weight is 495 g/mol. The SMILES string of the molecule is CN=C(NCCC(=O)Nc1cccc(C)n1)NCCc1cc(C)cc(C)c1.I. The van der Waals surface area contributed by atoms with Gasteiger partial charge in [-0.15, -0.1) is 24.0 Å². The van der Waals surface area contributed by atoms with E-state index in [1.165, 1.54) is 16.7 Å². The number of halogens is 1. The number of aryl methyl sites for hydroxylation is 3. The van der Waals surface area contributed by atoms with Crippen molar-refractivity contribution in [2.45, 2.75) is 33.6 Å². The van der Waals surface area contributed by atoms with Crippen molar-refractivity contribution in [2.75, 3.05) is 25.5 Å². The number of amides is 1. The average Bonchev–Trinajstić information content (AvgIpc) is 2.59. The summed E-state index contributed by atoms with van der Waals surface area (Å²) in [6.45, 7) is 7.40. The van der Waals surface area contributed by atoms with Crippen LogP contribution in [0.5, 0.6) is 0 Å². The molecule has 3 N–H and O–H groups in total. The minimum Gasteiger partial charge on any atom is -0.356 e. The third-order valence-electron chi connectivity index (χ3n) is 4.01. The monoisotopic (exact) mass is 495 g/mol. The summed E-state index contributed by atoms with van der Waals surface area (Å²) in [5.41, 5.74) is 4.74. The van der Waals surface area contributed by atoms with Crippen LogP contribution in [-0.4, -0.2) is 37.0 Å². The van der Waals surface area contributed by atoms with E-state index in [9.17, 15) is 4.79 Å². The topological polar surface area (TPSA) is 78.4 Å². The molecule has 0 atom stereocenters. The highest BCUT2D eigenvalue weighted by Gasteiger charge is 2.05. The lowest BCUT2D eigenvalue weighted by atomic mass is 10.1. The molecule has 0 aliphatic rings. The fraction of sp³-hybridized carbons (Fsp3) is 0.381. The van der Waals surface area contributed by atoms with Crippen LogP contribution in [0.15, 0.2) is 41.4 Å². The first-order valence-electron chi connectivity index (χ1n) is 9.21. The largest absolute Gasteiger partial charge is 0.356 e. The van der Waals surface area contributed by atoms with Crippen molar-refractivity contribution in [3.8, 4) is 0 Å². The van der Waals surface area contributed by atoms with Gasteiger partial charge in [0.05, 0.1) is 0 Å². The Hall–Kier alpha value is -2.16. The quantitative estimate of drug-likeness (QED) is 0.313. The first kappa shape index (κ1) is 23.9. The van der Waals surface area contributed by atoms with Crippen LogP contribution >= 0.6 is 24.0 Å². The molecule has 2 rings (SSSR count). The number of hydrogen-bond donors (Lipinski definition) is 3. The molecule has 0 fully saturated rings. The van der Waals surface area contributed by atoms with Crippen LogP contribution in [0.1, 0.15) is 28.8 Å². The highest BCUT2D eigenvalue weighted by Crippen LogP contribution is 2.09. The lowest BCUT2D eigenvalue weighted by molar-refractivity contribution is -0.116. The molecule has 1 heterocycles. The maximum atomic E-state index is 12.0. The van der Waals surface area contributed by atoms with E-state index in [2.05, 4.69) is 58.0 Å². The molecule has 0 aliphatic heterocycles. The van der Waals surface area contributed by atoms with Gasteiger partial charge in [-0.05, 0) is 44.9 Å². The molecule has 7 heteroatoms. The molecule has 0 unspecified atom stereocenters. The van der Waals surface area contributed by atoms with Crippen LogP contribution in [0.2, 0.25) is 0 Å². The van der Waals surface area contributed by atoms with Gasteiger partial charge in [-0.1, -0.05) is 35.4 Å². The number of aromatic nitrogens is 1. The van der Waals surface area contributed by atoms with Gasteiger partial charge >= 0.3 is 0 Å². The van der Waals surface area contributed by atoms with E-state index in [-0.39, 0.29) is 29.9 Å². The first-order valence-corrected chi connectivity index (χ1v) is 9.21. The van der Waals surface area contributed by atoms with Crippen molar-refractivity contribution in [3.63, 3.8) is 0 Å². The first-order chi connectivity index (χ1) is 13.0. The molecular weight excluding hydrogens is 465 g/mol. The maximum Gasteiger partial charge on any atom is 0.227 e. The summed E-state index contributed by atoms with van der Waals surface area (Å²) in [5.74, 6) is 1.20. The fourth-order valence-corrected chi connectivity index (χ4v) is 2.87. The van der Waals surface area contributed by atoms with E-state index >= 15 is 0 Å². The Bertz CT molecular complexity index is 787. The van der Waals surface area contributed by atoms with Gasteiger partial charge in [0.2, 0.25) is 5.91 Å². The van der Waals surface area contributed by atoms with Crippen molar-refractivity contribution in [3.05, 3.63) is 58.8 Å². The number of nitrogens with zero attached hydrogens (tertiary/aromatic N) is 2. The van der Waals surface area contributed by atoms with Gasteiger partial charge in [-0.2, -0.15) is 0 Å². The predicted molar refractivity (Wildman–Crippen MR) is 127 cm³/mol. The molecular formula is C21H30IN5O. The van der Waals surface area contributed by atoms with Crippen LogP contribution in [-0.2, 0) is 11.2 Å². The Kier molecular flexibility index (Phi) is 10.5. The Morgan fingerprint density at radius 2 is 1.71 bits per heavy atom. The predicted octanol–water partition coefficient (Wildman–Crippen LogP) is 3.36. The van der Waals surface area contributed by atoms with Gasteiger partial charge in [0, 0.05) is 32.3 Å². The van der Waals surface area contributed by atoms with Gasteiger partial charge in [0.15, 0.2) is 5.96 Å². The number of carbonyl (C=O) groups excluding carboxylic acids is 1.